The van der Waals surface area contributed by atoms with E-state index in [0.717, 1.165) is 24.3 Å². The van der Waals surface area contributed by atoms with E-state index in [-0.39, 0.29) is 0 Å². The maximum absolute atomic E-state index is 5.23. The summed E-state index contributed by atoms with van der Waals surface area (Å²) in [6, 6.07) is 14.3. The fourth-order valence-corrected chi connectivity index (χ4v) is 1.94. The lowest BCUT2D eigenvalue weighted by atomic mass is 10.1. The number of rotatable bonds is 4. The SMILES string of the molecule is Cc1ccnc(NC(=S)NCCc2ccccc2)c1. The van der Waals surface area contributed by atoms with E-state index in [0.29, 0.717) is 5.11 Å². The number of anilines is 1. The van der Waals surface area contributed by atoms with Gasteiger partial charge in [-0.3, -0.25) is 0 Å². The van der Waals surface area contributed by atoms with Crippen molar-refractivity contribution in [1.82, 2.24) is 10.3 Å². The van der Waals surface area contributed by atoms with Crippen LogP contribution in [0, 0.1) is 6.92 Å². The minimum Gasteiger partial charge on any atom is -0.362 e. The summed E-state index contributed by atoms with van der Waals surface area (Å²) >= 11 is 5.23. The van der Waals surface area contributed by atoms with Gasteiger partial charge >= 0.3 is 0 Å². The zero-order valence-electron chi connectivity index (χ0n) is 10.9. The number of hydrogen-bond acceptors (Lipinski definition) is 2. The molecule has 0 spiro atoms. The lowest BCUT2D eigenvalue weighted by molar-refractivity contribution is 0.873. The largest absolute Gasteiger partial charge is 0.362 e. The van der Waals surface area contributed by atoms with Crippen LogP contribution in [-0.2, 0) is 6.42 Å². The molecule has 0 fully saturated rings. The van der Waals surface area contributed by atoms with Gasteiger partial charge in [-0.15, -0.1) is 0 Å². The second kappa shape index (κ2) is 6.85. The Bertz CT molecular complexity index is 540. The van der Waals surface area contributed by atoms with Crippen LogP contribution >= 0.6 is 12.2 Å². The summed E-state index contributed by atoms with van der Waals surface area (Å²) in [5.74, 6) is 0.775. The summed E-state index contributed by atoms with van der Waals surface area (Å²) in [6.45, 7) is 2.83. The fraction of sp³-hybridized carbons (Fsp3) is 0.200. The van der Waals surface area contributed by atoms with Crippen molar-refractivity contribution in [1.29, 1.82) is 0 Å². The zero-order valence-corrected chi connectivity index (χ0v) is 11.7. The van der Waals surface area contributed by atoms with Crippen molar-refractivity contribution in [2.75, 3.05) is 11.9 Å². The highest BCUT2D eigenvalue weighted by Gasteiger charge is 1.98. The van der Waals surface area contributed by atoms with Gasteiger partial charge in [0.25, 0.3) is 0 Å². The highest BCUT2D eigenvalue weighted by atomic mass is 32.1. The second-order valence-electron chi connectivity index (χ2n) is 4.33. The van der Waals surface area contributed by atoms with Gasteiger partial charge in [-0.2, -0.15) is 0 Å². The van der Waals surface area contributed by atoms with Gasteiger partial charge in [0, 0.05) is 12.7 Å². The van der Waals surface area contributed by atoms with E-state index >= 15 is 0 Å². The molecule has 19 heavy (non-hydrogen) atoms. The molecule has 0 amide bonds. The van der Waals surface area contributed by atoms with Crippen LogP contribution in [-0.4, -0.2) is 16.6 Å². The third-order valence-corrected chi connectivity index (χ3v) is 2.95. The fourth-order valence-electron chi connectivity index (χ4n) is 1.73. The zero-order chi connectivity index (χ0) is 13.5. The van der Waals surface area contributed by atoms with E-state index in [1.165, 1.54) is 5.56 Å². The van der Waals surface area contributed by atoms with Crippen molar-refractivity contribution in [2.24, 2.45) is 0 Å². The lowest BCUT2D eigenvalue weighted by Crippen LogP contribution is -2.30. The van der Waals surface area contributed by atoms with Crippen molar-refractivity contribution in [2.45, 2.75) is 13.3 Å². The minimum atomic E-state index is 0.606. The molecule has 4 heteroatoms. The Labute approximate surface area is 119 Å². The van der Waals surface area contributed by atoms with E-state index < -0.39 is 0 Å². The Morgan fingerprint density at radius 2 is 2.00 bits per heavy atom. The molecule has 0 unspecified atom stereocenters. The Balaban J connectivity index is 1.76. The smallest absolute Gasteiger partial charge is 0.171 e. The van der Waals surface area contributed by atoms with Crippen molar-refractivity contribution in [3.8, 4) is 0 Å². The first-order chi connectivity index (χ1) is 9.24. The number of nitrogens with one attached hydrogen (secondary N) is 2. The van der Waals surface area contributed by atoms with Crippen molar-refractivity contribution < 1.29 is 0 Å². The predicted octanol–water partition coefficient (Wildman–Crippen LogP) is 2.92. The maximum atomic E-state index is 5.23. The Kier molecular flexibility index (Phi) is 4.86. The first-order valence-corrected chi connectivity index (χ1v) is 6.66. The van der Waals surface area contributed by atoms with Gasteiger partial charge in [-0.25, -0.2) is 4.98 Å². The number of thiocarbonyl (C=S) groups is 1. The third kappa shape index (κ3) is 4.67. The molecular weight excluding hydrogens is 254 g/mol. The summed E-state index contributed by atoms with van der Waals surface area (Å²) in [7, 11) is 0. The number of aromatic nitrogens is 1. The van der Waals surface area contributed by atoms with Crippen molar-refractivity contribution in [3.63, 3.8) is 0 Å². The molecule has 1 aromatic heterocycles. The monoisotopic (exact) mass is 271 g/mol. The summed E-state index contributed by atoms with van der Waals surface area (Å²) in [6.07, 6.45) is 2.72. The van der Waals surface area contributed by atoms with Crippen LogP contribution in [0.3, 0.4) is 0 Å². The number of hydrogen-bond donors (Lipinski definition) is 2. The van der Waals surface area contributed by atoms with E-state index in [1.54, 1.807) is 6.20 Å². The average Bonchev–Trinajstić information content (AvgIpc) is 2.40. The molecule has 1 heterocycles. The summed E-state index contributed by atoms with van der Waals surface area (Å²) < 4.78 is 0. The van der Waals surface area contributed by atoms with E-state index in [2.05, 4.69) is 27.8 Å². The average molecular weight is 271 g/mol. The molecule has 0 saturated heterocycles. The first-order valence-electron chi connectivity index (χ1n) is 6.25. The van der Waals surface area contributed by atoms with Crippen LogP contribution in [0.25, 0.3) is 0 Å². The van der Waals surface area contributed by atoms with Gasteiger partial charge in [-0.05, 0) is 48.8 Å². The highest BCUT2D eigenvalue weighted by molar-refractivity contribution is 7.80. The molecule has 3 nitrogen and oxygen atoms in total. The quantitative estimate of drug-likeness (QED) is 0.838. The molecule has 0 radical (unpaired) electrons. The van der Waals surface area contributed by atoms with Crippen LogP contribution in [0.15, 0.2) is 48.7 Å². The van der Waals surface area contributed by atoms with Gasteiger partial charge < -0.3 is 10.6 Å². The van der Waals surface area contributed by atoms with Crippen LogP contribution in [0.4, 0.5) is 5.82 Å². The molecule has 2 N–H and O–H groups in total. The Hall–Kier alpha value is -1.94. The Morgan fingerprint density at radius 3 is 2.74 bits per heavy atom. The molecule has 1 aromatic carbocycles. The molecule has 0 aliphatic heterocycles. The van der Waals surface area contributed by atoms with Crippen LogP contribution in [0.2, 0.25) is 0 Å². The lowest BCUT2D eigenvalue weighted by Gasteiger charge is -2.10. The summed E-state index contributed by atoms with van der Waals surface area (Å²) in [4.78, 5) is 4.21. The number of pyridine rings is 1. The topological polar surface area (TPSA) is 37.0 Å². The first kappa shape index (κ1) is 13.5. The highest BCUT2D eigenvalue weighted by Crippen LogP contribution is 2.04. The molecule has 0 aliphatic carbocycles. The van der Waals surface area contributed by atoms with Crippen LogP contribution in [0.1, 0.15) is 11.1 Å². The van der Waals surface area contributed by atoms with E-state index in [4.69, 9.17) is 12.2 Å². The number of nitrogens with zero attached hydrogens (tertiary/aromatic N) is 1. The van der Waals surface area contributed by atoms with Crippen LogP contribution < -0.4 is 10.6 Å². The van der Waals surface area contributed by atoms with Gasteiger partial charge in [0.2, 0.25) is 0 Å². The predicted molar refractivity (Wildman–Crippen MR) is 83.3 cm³/mol. The molecule has 98 valence electrons. The Morgan fingerprint density at radius 1 is 1.21 bits per heavy atom. The number of aryl methyl sites for hydroxylation is 1. The van der Waals surface area contributed by atoms with Crippen molar-refractivity contribution in [3.05, 3.63) is 59.8 Å². The molecule has 0 atom stereocenters. The van der Waals surface area contributed by atoms with E-state index in [1.807, 2.05) is 37.3 Å². The van der Waals surface area contributed by atoms with Crippen LogP contribution in [0.5, 0.6) is 0 Å². The second-order valence-corrected chi connectivity index (χ2v) is 4.74. The molecule has 0 bridgehead atoms. The summed E-state index contributed by atoms with van der Waals surface area (Å²) in [5.41, 5.74) is 2.45. The number of benzene rings is 1. The molecule has 2 rings (SSSR count). The maximum Gasteiger partial charge on any atom is 0.171 e. The molecule has 2 aromatic rings. The minimum absolute atomic E-state index is 0.606. The van der Waals surface area contributed by atoms with Gasteiger partial charge in [-0.1, -0.05) is 30.3 Å². The standard InChI is InChI=1S/C15H17N3S/c1-12-7-9-16-14(11-12)18-15(19)17-10-8-13-5-3-2-4-6-13/h2-7,9,11H,8,10H2,1H3,(H2,16,17,18,19). The van der Waals surface area contributed by atoms with E-state index in [9.17, 15) is 0 Å². The van der Waals surface area contributed by atoms with Gasteiger partial charge in [0.15, 0.2) is 5.11 Å². The van der Waals surface area contributed by atoms with Crippen molar-refractivity contribution >= 4 is 23.1 Å². The molecule has 0 saturated carbocycles. The summed E-state index contributed by atoms with van der Waals surface area (Å²) in [5, 5.41) is 6.86. The third-order valence-electron chi connectivity index (χ3n) is 2.70. The van der Waals surface area contributed by atoms with Gasteiger partial charge in [0.05, 0.1) is 0 Å². The molecule has 0 aliphatic rings. The normalized spacial score (nSPS) is 9.95. The molecular formula is C15H17N3S. The van der Waals surface area contributed by atoms with Gasteiger partial charge in [0.1, 0.15) is 5.82 Å².